The Morgan fingerprint density at radius 1 is 1.09 bits per heavy atom. The van der Waals surface area contributed by atoms with Crippen molar-refractivity contribution in [1.29, 1.82) is 0 Å². The molecule has 118 valence electrons. The van der Waals surface area contributed by atoms with Crippen molar-refractivity contribution >= 4 is 17.6 Å². The van der Waals surface area contributed by atoms with Crippen molar-refractivity contribution < 1.29 is 14.3 Å². The molecule has 0 aromatic heterocycles. The second-order valence-electron chi connectivity index (χ2n) is 6.02. The predicted molar refractivity (Wildman–Crippen MR) is 88.0 cm³/mol. The van der Waals surface area contributed by atoms with E-state index < -0.39 is 11.4 Å². The number of rotatable bonds is 3. The van der Waals surface area contributed by atoms with Gasteiger partial charge in [0.05, 0.1) is 13.2 Å². The third kappa shape index (κ3) is 2.22. The van der Waals surface area contributed by atoms with Gasteiger partial charge in [0.15, 0.2) is 5.41 Å². The zero-order valence-corrected chi connectivity index (χ0v) is 13.4. The summed E-state index contributed by atoms with van der Waals surface area (Å²) in [6, 6.07) is 16.9. The quantitative estimate of drug-likeness (QED) is 0.497. The Balaban J connectivity index is 2.09. The van der Waals surface area contributed by atoms with Crippen LogP contribution in [0.3, 0.4) is 0 Å². The molecular weight excluding hydrogens is 290 g/mol. The van der Waals surface area contributed by atoms with Crippen LogP contribution >= 0.6 is 0 Å². The first-order valence-corrected chi connectivity index (χ1v) is 7.54. The highest BCUT2D eigenvalue weighted by atomic mass is 16.5. The van der Waals surface area contributed by atoms with Crippen molar-refractivity contribution in [1.82, 2.24) is 0 Å². The fraction of sp³-hybridized carbons (Fsp3) is 0.263. The van der Waals surface area contributed by atoms with Crippen LogP contribution in [0.1, 0.15) is 24.1 Å². The van der Waals surface area contributed by atoms with Crippen molar-refractivity contribution in [2.24, 2.45) is 5.41 Å². The molecule has 1 aliphatic heterocycles. The van der Waals surface area contributed by atoms with Gasteiger partial charge in [-0.15, -0.1) is 0 Å². The SMILES string of the molecule is COC(=O)[C@@]1(C)C(=O)N(c2ccccc2)[C@H]1c1ccc(C)cc1. The molecule has 0 N–H and O–H groups in total. The number of hydrogen-bond donors (Lipinski definition) is 0. The molecule has 1 aliphatic rings. The minimum Gasteiger partial charge on any atom is -0.468 e. The monoisotopic (exact) mass is 309 g/mol. The fourth-order valence-corrected chi connectivity index (χ4v) is 3.17. The maximum absolute atomic E-state index is 12.8. The second kappa shape index (κ2) is 5.54. The van der Waals surface area contributed by atoms with Gasteiger partial charge >= 0.3 is 5.97 Å². The van der Waals surface area contributed by atoms with Crippen LogP contribution in [-0.4, -0.2) is 19.0 Å². The first kappa shape index (κ1) is 15.3. The molecule has 0 unspecified atom stereocenters. The lowest BCUT2D eigenvalue weighted by Crippen LogP contribution is -2.66. The van der Waals surface area contributed by atoms with E-state index in [0.29, 0.717) is 0 Å². The number of carbonyl (C=O) groups excluding carboxylic acids is 2. The highest BCUT2D eigenvalue weighted by molar-refractivity contribution is 6.17. The van der Waals surface area contributed by atoms with E-state index in [-0.39, 0.29) is 11.9 Å². The number of para-hydroxylation sites is 1. The summed E-state index contributed by atoms with van der Waals surface area (Å²) in [7, 11) is 1.32. The van der Waals surface area contributed by atoms with E-state index in [1.54, 1.807) is 11.8 Å². The Labute approximate surface area is 135 Å². The van der Waals surface area contributed by atoms with Crippen molar-refractivity contribution in [3.05, 3.63) is 65.7 Å². The summed E-state index contributed by atoms with van der Waals surface area (Å²) in [5, 5.41) is 0. The lowest BCUT2D eigenvalue weighted by atomic mass is 9.68. The summed E-state index contributed by atoms with van der Waals surface area (Å²) in [5.74, 6) is -0.735. The smallest absolute Gasteiger partial charge is 0.323 e. The fourth-order valence-electron chi connectivity index (χ4n) is 3.17. The van der Waals surface area contributed by atoms with Crippen LogP contribution in [0, 0.1) is 12.3 Å². The molecule has 0 radical (unpaired) electrons. The average molecular weight is 309 g/mol. The third-order valence-electron chi connectivity index (χ3n) is 4.51. The van der Waals surface area contributed by atoms with Gasteiger partial charge in [0, 0.05) is 5.69 Å². The third-order valence-corrected chi connectivity index (χ3v) is 4.51. The first-order valence-electron chi connectivity index (χ1n) is 7.54. The number of methoxy groups -OCH3 is 1. The van der Waals surface area contributed by atoms with Crippen molar-refractivity contribution in [2.45, 2.75) is 19.9 Å². The molecule has 4 nitrogen and oxygen atoms in total. The number of β-lactam (4-membered cyclic amide) rings is 1. The lowest BCUT2D eigenvalue weighted by Gasteiger charge is -2.52. The van der Waals surface area contributed by atoms with Gasteiger partial charge in [-0.3, -0.25) is 9.59 Å². The van der Waals surface area contributed by atoms with Gasteiger partial charge in [0.2, 0.25) is 5.91 Å². The van der Waals surface area contributed by atoms with Crippen LogP contribution in [0.15, 0.2) is 54.6 Å². The molecule has 2 aromatic carbocycles. The zero-order valence-electron chi connectivity index (χ0n) is 13.4. The molecule has 4 heteroatoms. The topological polar surface area (TPSA) is 46.6 Å². The predicted octanol–water partition coefficient (Wildman–Crippen LogP) is 3.26. The molecule has 1 heterocycles. The Kier molecular flexibility index (Phi) is 3.68. The van der Waals surface area contributed by atoms with E-state index in [0.717, 1.165) is 16.8 Å². The van der Waals surface area contributed by atoms with Crippen LogP contribution in [-0.2, 0) is 14.3 Å². The molecule has 0 bridgehead atoms. The van der Waals surface area contributed by atoms with Gasteiger partial charge in [0.25, 0.3) is 0 Å². The van der Waals surface area contributed by atoms with Crippen molar-refractivity contribution in [3.63, 3.8) is 0 Å². The number of esters is 1. The summed E-state index contributed by atoms with van der Waals surface area (Å²) < 4.78 is 4.90. The Bertz CT molecular complexity index is 739. The number of ether oxygens (including phenoxy) is 1. The average Bonchev–Trinajstić information content (AvgIpc) is 2.59. The van der Waals surface area contributed by atoms with Gasteiger partial charge in [-0.25, -0.2) is 0 Å². The van der Waals surface area contributed by atoms with E-state index >= 15 is 0 Å². The van der Waals surface area contributed by atoms with Crippen LogP contribution in [0.5, 0.6) is 0 Å². The largest absolute Gasteiger partial charge is 0.468 e. The summed E-state index contributed by atoms with van der Waals surface area (Å²) in [6.45, 7) is 3.66. The van der Waals surface area contributed by atoms with Crippen molar-refractivity contribution in [3.8, 4) is 0 Å². The normalized spacial score (nSPS) is 23.3. The van der Waals surface area contributed by atoms with Crippen LogP contribution in [0.25, 0.3) is 0 Å². The van der Waals surface area contributed by atoms with Crippen molar-refractivity contribution in [2.75, 3.05) is 12.0 Å². The highest BCUT2D eigenvalue weighted by Gasteiger charge is 2.64. The van der Waals surface area contributed by atoms with Gasteiger partial charge in [-0.2, -0.15) is 0 Å². The molecule has 2 atom stereocenters. The number of aryl methyl sites for hydroxylation is 1. The lowest BCUT2D eigenvalue weighted by molar-refractivity contribution is -0.165. The van der Waals surface area contributed by atoms with E-state index in [1.165, 1.54) is 7.11 Å². The first-order chi connectivity index (χ1) is 11.0. The van der Waals surface area contributed by atoms with E-state index in [9.17, 15) is 9.59 Å². The molecule has 1 amide bonds. The highest BCUT2D eigenvalue weighted by Crippen LogP contribution is 2.52. The van der Waals surface area contributed by atoms with Crippen LogP contribution in [0.2, 0.25) is 0 Å². The number of amides is 1. The van der Waals surface area contributed by atoms with Gasteiger partial charge in [-0.05, 0) is 31.5 Å². The van der Waals surface area contributed by atoms with E-state index in [1.807, 2.05) is 61.5 Å². The van der Waals surface area contributed by atoms with E-state index in [2.05, 4.69) is 0 Å². The van der Waals surface area contributed by atoms with Gasteiger partial charge in [0.1, 0.15) is 0 Å². The molecule has 3 rings (SSSR count). The maximum Gasteiger partial charge on any atom is 0.323 e. The molecular formula is C19H19NO3. The number of anilines is 1. The number of nitrogens with zero attached hydrogens (tertiary/aromatic N) is 1. The molecule has 1 fully saturated rings. The maximum atomic E-state index is 12.8. The standard InChI is InChI=1S/C19H19NO3/c1-13-9-11-14(12-10-13)16-19(2,18(22)23-3)17(21)20(16)15-7-5-4-6-8-15/h4-12,16H,1-3H3/t16-,19+/m0/s1. The summed E-state index contributed by atoms with van der Waals surface area (Å²) in [4.78, 5) is 26.7. The van der Waals surface area contributed by atoms with Gasteiger partial charge < -0.3 is 9.64 Å². The minimum atomic E-state index is -1.19. The molecule has 1 saturated heterocycles. The zero-order chi connectivity index (χ0) is 16.6. The summed E-state index contributed by atoms with van der Waals surface area (Å²) >= 11 is 0. The van der Waals surface area contributed by atoms with Crippen LogP contribution < -0.4 is 4.90 Å². The number of benzene rings is 2. The Hall–Kier alpha value is -2.62. The van der Waals surface area contributed by atoms with E-state index in [4.69, 9.17) is 4.74 Å². The molecule has 0 aliphatic carbocycles. The molecule has 0 spiro atoms. The van der Waals surface area contributed by atoms with Gasteiger partial charge in [-0.1, -0.05) is 48.0 Å². The Morgan fingerprint density at radius 2 is 1.70 bits per heavy atom. The summed E-state index contributed by atoms with van der Waals surface area (Å²) in [5.41, 5.74) is 1.64. The van der Waals surface area contributed by atoms with Crippen LogP contribution in [0.4, 0.5) is 5.69 Å². The minimum absolute atomic E-state index is 0.235. The molecule has 23 heavy (non-hydrogen) atoms. The second-order valence-corrected chi connectivity index (χ2v) is 6.02. The molecule has 2 aromatic rings. The number of carbonyl (C=O) groups is 2. The number of hydrogen-bond acceptors (Lipinski definition) is 3. The Morgan fingerprint density at radius 3 is 2.26 bits per heavy atom. The summed E-state index contributed by atoms with van der Waals surface area (Å²) in [6.07, 6.45) is 0. The molecule has 0 saturated carbocycles.